The summed E-state index contributed by atoms with van der Waals surface area (Å²) in [7, 11) is 1.59. The number of rotatable bonds is 7. The van der Waals surface area contributed by atoms with Crippen LogP contribution in [0.5, 0.6) is 11.5 Å². The highest BCUT2D eigenvalue weighted by atomic mass is 79.9. The molecule has 2 aromatic carbocycles. The molecule has 0 bridgehead atoms. The molecule has 26 heavy (non-hydrogen) atoms. The van der Waals surface area contributed by atoms with E-state index < -0.39 is 0 Å². The molecule has 0 saturated carbocycles. The third-order valence-corrected chi connectivity index (χ3v) is 3.91. The van der Waals surface area contributed by atoms with Gasteiger partial charge in [-0.1, -0.05) is 33.2 Å². The summed E-state index contributed by atoms with van der Waals surface area (Å²) < 4.78 is 16.5. The van der Waals surface area contributed by atoms with Gasteiger partial charge in [-0.2, -0.15) is 4.98 Å². The topological polar surface area (TPSA) is 86.5 Å². The van der Waals surface area contributed by atoms with E-state index >= 15 is 0 Å². The molecular formula is C18H16BrN3O4. The Kier molecular flexibility index (Phi) is 5.85. The van der Waals surface area contributed by atoms with Crippen molar-refractivity contribution in [3.63, 3.8) is 0 Å². The van der Waals surface area contributed by atoms with E-state index in [9.17, 15) is 4.79 Å². The van der Waals surface area contributed by atoms with E-state index in [1.165, 1.54) is 0 Å². The molecule has 134 valence electrons. The Balaban J connectivity index is 1.48. The quantitative estimate of drug-likeness (QED) is 0.634. The first-order valence-corrected chi connectivity index (χ1v) is 8.55. The molecule has 0 unspecified atom stereocenters. The first-order valence-electron chi connectivity index (χ1n) is 7.76. The van der Waals surface area contributed by atoms with Gasteiger partial charge in [0.05, 0.1) is 13.7 Å². The minimum atomic E-state index is -0.289. The summed E-state index contributed by atoms with van der Waals surface area (Å²) in [6.45, 7) is 0.0186. The number of halogens is 1. The molecule has 0 fully saturated rings. The van der Waals surface area contributed by atoms with Crippen LogP contribution in [0.2, 0.25) is 0 Å². The van der Waals surface area contributed by atoms with E-state index in [2.05, 4.69) is 31.4 Å². The van der Waals surface area contributed by atoms with E-state index in [1.807, 2.05) is 24.3 Å². The molecule has 3 rings (SSSR count). The summed E-state index contributed by atoms with van der Waals surface area (Å²) in [5.74, 6) is 1.79. The fourth-order valence-electron chi connectivity index (χ4n) is 2.12. The number of methoxy groups -OCH3 is 1. The van der Waals surface area contributed by atoms with Crippen LogP contribution in [0.4, 0.5) is 0 Å². The number of nitrogens with zero attached hydrogens (tertiary/aromatic N) is 2. The average Bonchev–Trinajstić information content (AvgIpc) is 3.14. The first-order chi connectivity index (χ1) is 12.6. The van der Waals surface area contributed by atoms with Gasteiger partial charge in [0, 0.05) is 10.0 Å². The molecule has 0 aliphatic rings. The van der Waals surface area contributed by atoms with E-state index in [0.717, 1.165) is 15.8 Å². The summed E-state index contributed by atoms with van der Waals surface area (Å²) in [6, 6.07) is 14.5. The fraction of sp³-hybridized carbons (Fsp3) is 0.167. The van der Waals surface area contributed by atoms with Crippen molar-refractivity contribution in [1.29, 1.82) is 0 Å². The van der Waals surface area contributed by atoms with Gasteiger partial charge in [0.2, 0.25) is 11.7 Å². The number of benzene rings is 2. The number of carbonyl (C=O) groups is 1. The molecule has 8 heteroatoms. The molecule has 1 amide bonds. The number of nitrogens with one attached hydrogen (secondary N) is 1. The Morgan fingerprint density at radius 3 is 2.69 bits per heavy atom. The van der Waals surface area contributed by atoms with Gasteiger partial charge in [-0.25, -0.2) is 0 Å². The average molecular weight is 418 g/mol. The molecule has 0 saturated heterocycles. The lowest BCUT2D eigenvalue weighted by Gasteiger charge is -2.06. The second-order valence-corrected chi connectivity index (χ2v) is 6.18. The Morgan fingerprint density at radius 1 is 1.19 bits per heavy atom. The SMILES string of the molecule is COc1ccc(OCC(=O)NCc2nc(-c3cccc(Br)c3)no2)cc1. The van der Waals surface area contributed by atoms with Crippen LogP contribution in [-0.4, -0.2) is 29.8 Å². The van der Waals surface area contributed by atoms with Crippen LogP contribution in [0.1, 0.15) is 5.89 Å². The number of amides is 1. The van der Waals surface area contributed by atoms with Crippen LogP contribution in [0, 0.1) is 0 Å². The molecule has 0 radical (unpaired) electrons. The van der Waals surface area contributed by atoms with Crippen molar-refractivity contribution in [3.05, 3.63) is 58.9 Å². The minimum absolute atomic E-state index is 0.112. The predicted octanol–water partition coefficient (Wildman–Crippen LogP) is 3.20. The van der Waals surface area contributed by atoms with Crippen LogP contribution in [0.25, 0.3) is 11.4 Å². The summed E-state index contributed by atoms with van der Waals surface area (Å²) in [5.41, 5.74) is 0.823. The maximum Gasteiger partial charge on any atom is 0.258 e. The molecule has 0 aliphatic heterocycles. The van der Waals surface area contributed by atoms with Crippen molar-refractivity contribution in [2.75, 3.05) is 13.7 Å². The molecular weight excluding hydrogens is 402 g/mol. The zero-order chi connectivity index (χ0) is 18.4. The standard InChI is InChI=1S/C18H16BrN3O4/c1-24-14-5-7-15(8-6-14)25-11-16(23)20-10-17-21-18(22-26-17)12-3-2-4-13(19)9-12/h2-9H,10-11H2,1H3,(H,20,23). The third kappa shape index (κ3) is 4.82. The lowest BCUT2D eigenvalue weighted by Crippen LogP contribution is -2.28. The summed E-state index contributed by atoms with van der Waals surface area (Å²) in [4.78, 5) is 16.1. The van der Waals surface area contributed by atoms with Crippen molar-refractivity contribution >= 4 is 21.8 Å². The number of ether oxygens (including phenoxy) is 2. The van der Waals surface area contributed by atoms with Crippen molar-refractivity contribution in [1.82, 2.24) is 15.5 Å². The highest BCUT2D eigenvalue weighted by molar-refractivity contribution is 9.10. The number of carbonyl (C=O) groups excluding carboxylic acids is 1. The van der Waals surface area contributed by atoms with E-state index in [1.54, 1.807) is 31.4 Å². The van der Waals surface area contributed by atoms with Gasteiger partial charge in [0.1, 0.15) is 11.5 Å². The van der Waals surface area contributed by atoms with Crippen LogP contribution in [0.15, 0.2) is 57.5 Å². The largest absolute Gasteiger partial charge is 0.497 e. The van der Waals surface area contributed by atoms with Gasteiger partial charge in [-0.15, -0.1) is 0 Å². The van der Waals surface area contributed by atoms with Crippen molar-refractivity contribution < 1.29 is 18.8 Å². The predicted molar refractivity (Wildman–Crippen MR) is 97.8 cm³/mol. The van der Waals surface area contributed by atoms with Crippen LogP contribution in [0.3, 0.4) is 0 Å². The number of hydrogen-bond acceptors (Lipinski definition) is 6. The van der Waals surface area contributed by atoms with Gasteiger partial charge >= 0.3 is 0 Å². The van der Waals surface area contributed by atoms with Gasteiger partial charge < -0.3 is 19.3 Å². The second-order valence-electron chi connectivity index (χ2n) is 5.26. The van der Waals surface area contributed by atoms with Gasteiger partial charge in [-0.05, 0) is 36.4 Å². The van der Waals surface area contributed by atoms with Crippen molar-refractivity contribution in [3.8, 4) is 22.9 Å². The van der Waals surface area contributed by atoms with Crippen LogP contribution < -0.4 is 14.8 Å². The van der Waals surface area contributed by atoms with Crippen LogP contribution in [-0.2, 0) is 11.3 Å². The van der Waals surface area contributed by atoms with Gasteiger partial charge in [-0.3, -0.25) is 4.79 Å². The first kappa shape index (κ1) is 17.9. The fourth-order valence-corrected chi connectivity index (χ4v) is 2.52. The molecule has 1 heterocycles. The second kappa shape index (κ2) is 8.48. The van der Waals surface area contributed by atoms with Crippen molar-refractivity contribution in [2.45, 2.75) is 6.54 Å². The maximum atomic E-state index is 11.9. The summed E-state index contributed by atoms with van der Waals surface area (Å²) in [6.07, 6.45) is 0. The maximum absolute atomic E-state index is 11.9. The normalized spacial score (nSPS) is 10.4. The Morgan fingerprint density at radius 2 is 1.96 bits per heavy atom. The van der Waals surface area contributed by atoms with Crippen LogP contribution >= 0.6 is 15.9 Å². The molecule has 1 N–H and O–H groups in total. The highest BCUT2D eigenvalue weighted by Crippen LogP contribution is 2.20. The van der Waals surface area contributed by atoms with E-state index in [4.69, 9.17) is 14.0 Å². The van der Waals surface area contributed by atoms with E-state index in [-0.39, 0.29) is 19.1 Å². The third-order valence-electron chi connectivity index (χ3n) is 3.42. The zero-order valence-corrected chi connectivity index (χ0v) is 15.5. The van der Waals surface area contributed by atoms with E-state index in [0.29, 0.717) is 17.5 Å². The smallest absolute Gasteiger partial charge is 0.258 e. The van der Waals surface area contributed by atoms with Gasteiger partial charge in [0.15, 0.2) is 6.61 Å². The van der Waals surface area contributed by atoms with Crippen molar-refractivity contribution in [2.24, 2.45) is 0 Å². The Bertz CT molecular complexity index is 880. The minimum Gasteiger partial charge on any atom is -0.497 e. The highest BCUT2D eigenvalue weighted by Gasteiger charge is 2.10. The zero-order valence-electron chi connectivity index (χ0n) is 13.9. The lowest BCUT2D eigenvalue weighted by atomic mass is 10.2. The lowest BCUT2D eigenvalue weighted by molar-refractivity contribution is -0.123. The molecule has 0 aliphatic carbocycles. The Hall–Kier alpha value is -2.87. The molecule has 0 atom stereocenters. The molecule has 3 aromatic rings. The molecule has 0 spiro atoms. The molecule has 1 aromatic heterocycles. The Labute approximate surface area is 158 Å². The molecule has 7 nitrogen and oxygen atoms in total. The summed E-state index contributed by atoms with van der Waals surface area (Å²) in [5, 5.41) is 6.59. The van der Waals surface area contributed by atoms with Gasteiger partial charge in [0.25, 0.3) is 5.91 Å². The number of hydrogen-bond donors (Lipinski definition) is 1. The monoisotopic (exact) mass is 417 g/mol. The number of aromatic nitrogens is 2. The summed E-state index contributed by atoms with van der Waals surface area (Å²) >= 11 is 3.40.